The van der Waals surface area contributed by atoms with Crippen LogP contribution in [0.5, 0.6) is 0 Å². The zero-order chi connectivity index (χ0) is 64.7. The molecule has 0 fully saturated rings. The van der Waals surface area contributed by atoms with Crippen LogP contribution >= 0.6 is 22.7 Å². The van der Waals surface area contributed by atoms with Gasteiger partial charge < -0.3 is 13.4 Å². The van der Waals surface area contributed by atoms with Crippen molar-refractivity contribution in [3.63, 3.8) is 0 Å². The van der Waals surface area contributed by atoms with E-state index >= 15 is 0 Å². The first-order valence-electron chi connectivity index (χ1n) is 35.2. The molecule has 0 saturated carbocycles. The maximum Gasteiger partial charge on any atom is 0.159 e. The molecular formula is C91H79NO2S2. The van der Waals surface area contributed by atoms with E-state index in [9.17, 15) is 0 Å². The Kier molecular flexibility index (Phi) is 15.4. The zero-order valence-electron chi connectivity index (χ0n) is 55.7. The first kappa shape index (κ1) is 60.2. The number of thiophene rings is 2. The molecule has 0 amide bonds. The summed E-state index contributed by atoms with van der Waals surface area (Å²) < 4.78 is 21.9. The van der Waals surface area contributed by atoms with E-state index in [0.29, 0.717) is 0 Å². The van der Waals surface area contributed by atoms with Crippen LogP contribution in [-0.4, -0.2) is 4.57 Å². The first-order valence-corrected chi connectivity index (χ1v) is 36.8. The summed E-state index contributed by atoms with van der Waals surface area (Å²) in [5.41, 5.74) is 20.7. The van der Waals surface area contributed by atoms with E-state index < -0.39 is 0 Å². The van der Waals surface area contributed by atoms with Gasteiger partial charge in [0.25, 0.3) is 0 Å². The number of nitrogens with zero attached hydrogens (tertiary/aromatic N) is 1. The van der Waals surface area contributed by atoms with E-state index in [1.165, 1.54) is 160 Å². The lowest BCUT2D eigenvalue weighted by molar-refractivity contribution is 0.484. The minimum atomic E-state index is -0.300. The van der Waals surface area contributed by atoms with Gasteiger partial charge in [-0.05, 0) is 184 Å². The third-order valence-electron chi connectivity index (χ3n) is 21.7. The molecule has 0 spiro atoms. The van der Waals surface area contributed by atoms with Crippen molar-refractivity contribution >= 4 is 129 Å². The second kappa shape index (κ2) is 24.6. The molecule has 5 heteroatoms. The Morgan fingerprint density at radius 3 is 1.52 bits per heavy atom. The molecule has 0 aliphatic heterocycles. The average molecular weight is 1280 g/mol. The molecule has 472 valence electrons. The number of benzene rings is 12. The van der Waals surface area contributed by atoms with E-state index in [0.717, 1.165) is 90.2 Å². The van der Waals surface area contributed by atoms with Gasteiger partial charge in [-0.15, -0.1) is 22.7 Å². The van der Waals surface area contributed by atoms with Gasteiger partial charge in [0, 0.05) is 83.5 Å². The summed E-state index contributed by atoms with van der Waals surface area (Å²) >= 11 is 3.76. The predicted octanol–water partition coefficient (Wildman–Crippen LogP) is 27.8. The molecule has 0 aliphatic rings. The monoisotopic (exact) mass is 1280 g/mol. The summed E-state index contributed by atoms with van der Waals surface area (Å²) in [6, 6.07) is 92.2. The molecule has 2 atom stereocenters. The number of hydrogen-bond acceptors (Lipinski definition) is 4. The van der Waals surface area contributed by atoms with Crippen molar-refractivity contribution in [3.8, 4) is 39.1 Å². The summed E-state index contributed by atoms with van der Waals surface area (Å²) in [4.78, 5) is 0. The van der Waals surface area contributed by atoms with Gasteiger partial charge >= 0.3 is 0 Å². The van der Waals surface area contributed by atoms with Crippen molar-refractivity contribution in [1.82, 2.24) is 4.57 Å². The average Bonchev–Trinajstić information content (AvgIpc) is 1.55. The number of aryl methyl sites for hydroxylation is 1. The van der Waals surface area contributed by atoms with Crippen LogP contribution in [0, 0.1) is 0 Å². The summed E-state index contributed by atoms with van der Waals surface area (Å²) in [5, 5.41) is 12.5. The van der Waals surface area contributed by atoms with Gasteiger partial charge in [0.15, 0.2) is 5.58 Å². The van der Waals surface area contributed by atoms with Crippen LogP contribution in [0.1, 0.15) is 133 Å². The summed E-state index contributed by atoms with van der Waals surface area (Å²) in [6.07, 6.45) is 13.6. The lowest BCUT2D eigenvalue weighted by atomic mass is 9.72. The molecule has 0 saturated heterocycles. The zero-order valence-corrected chi connectivity index (χ0v) is 57.3. The number of unbranched alkanes of at least 4 members (excludes halogenated alkanes) is 6. The van der Waals surface area contributed by atoms with Gasteiger partial charge in [-0.1, -0.05) is 232 Å². The number of hydrogen-bond donors (Lipinski definition) is 0. The van der Waals surface area contributed by atoms with E-state index in [2.05, 4.69) is 282 Å². The highest BCUT2D eigenvalue weighted by molar-refractivity contribution is 7.26. The molecule has 0 aliphatic carbocycles. The molecule has 12 aromatic carbocycles. The molecule has 0 bridgehead atoms. The van der Waals surface area contributed by atoms with Crippen LogP contribution < -0.4 is 0 Å². The standard InChI is InChI=1S/C91H79NO2S2/c1-6-9-12-13-25-58-50-76-75-57-66(90(4,48-11-8-3)63-29-22-28-62(53-63)68-34-24-39-86-88(68)71-32-16-19-37-84(71)96-86)43-47-82(75)94-89(76)79(51-58)92-77-35-17-14-30-69(77)72-55-64(41-44-78(72)92)91(5,49-20-10-7-2)65-42-46-81-74(56-65)73-54-60(40-45-80(73)93-81)59-26-21-27-61(52-59)67-33-23-38-85-87(67)70-31-15-18-36-83(70)95-85/h14-19,21-24,26-47,50-57H,6-13,20,25,48-49H2,1-5H3. The Morgan fingerprint density at radius 1 is 0.333 bits per heavy atom. The topological polar surface area (TPSA) is 31.2 Å². The van der Waals surface area contributed by atoms with Gasteiger partial charge in [-0.25, -0.2) is 0 Å². The Hall–Kier alpha value is -9.52. The maximum atomic E-state index is 7.31. The van der Waals surface area contributed by atoms with Crippen molar-refractivity contribution < 1.29 is 8.83 Å². The predicted molar refractivity (Wildman–Crippen MR) is 415 cm³/mol. The second-order valence-corrected chi connectivity index (χ2v) is 29.8. The Bertz CT molecular complexity index is 5840. The van der Waals surface area contributed by atoms with E-state index in [4.69, 9.17) is 8.83 Å². The Labute approximate surface area is 570 Å². The fourth-order valence-corrected chi connectivity index (χ4v) is 18.6. The van der Waals surface area contributed by atoms with Crippen LogP contribution in [0.25, 0.3) is 145 Å². The number of aromatic nitrogens is 1. The van der Waals surface area contributed by atoms with E-state index in [1.807, 2.05) is 22.7 Å². The van der Waals surface area contributed by atoms with Gasteiger partial charge in [-0.3, -0.25) is 0 Å². The SMILES string of the molecule is CCCCCCc1cc(-n2c3ccccc3c3cc(C(C)(CCCCC)c4ccc5oc6ccc(-c7cccc(-c8cccc9sc%10ccccc%10c89)c7)cc6c5c4)ccc32)c2oc3ccc(C(C)(CCCC)c4cccc(-c5cccc6sc7ccccc7c56)c4)cc3c2c1. The smallest absolute Gasteiger partial charge is 0.159 e. The fourth-order valence-electron chi connectivity index (χ4n) is 16.3. The third-order valence-corrected chi connectivity index (χ3v) is 23.9. The molecule has 0 N–H and O–H groups in total. The molecule has 17 aromatic rings. The number of para-hydroxylation sites is 1. The quantitative estimate of drug-likeness (QED) is 0.0712. The lowest BCUT2D eigenvalue weighted by Gasteiger charge is -2.32. The van der Waals surface area contributed by atoms with Crippen molar-refractivity contribution in [2.24, 2.45) is 0 Å². The van der Waals surface area contributed by atoms with Crippen molar-refractivity contribution in [3.05, 3.63) is 270 Å². The minimum Gasteiger partial charge on any atom is -0.456 e. The van der Waals surface area contributed by atoms with Gasteiger partial charge in [0.05, 0.1) is 16.7 Å². The summed E-state index contributed by atoms with van der Waals surface area (Å²) in [7, 11) is 0. The van der Waals surface area contributed by atoms with Crippen LogP contribution in [0.4, 0.5) is 0 Å². The van der Waals surface area contributed by atoms with Crippen molar-refractivity contribution in [1.29, 1.82) is 0 Å². The maximum absolute atomic E-state index is 7.31. The highest BCUT2D eigenvalue weighted by Gasteiger charge is 2.33. The first-order chi connectivity index (χ1) is 47.2. The van der Waals surface area contributed by atoms with Crippen LogP contribution in [-0.2, 0) is 17.3 Å². The highest BCUT2D eigenvalue weighted by atomic mass is 32.1. The molecule has 0 radical (unpaired) electrons. The van der Waals surface area contributed by atoms with Gasteiger partial charge in [0.2, 0.25) is 0 Å². The number of fused-ring (bicyclic) bond motifs is 15. The van der Waals surface area contributed by atoms with E-state index in [-0.39, 0.29) is 10.8 Å². The molecule has 5 aromatic heterocycles. The lowest BCUT2D eigenvalue weighted by Crippen LogP contribution is -2.23. The molecule has 3 nitrogen and oxygen atoms in total. The third kappa shape index (κ3) is 10.2. The molecule has 96 heavy (non-hydrogen) atoms. The minimum absolute atomic E-state index is 0.253. The van der Waals surface area contributed by atoms with Crippen LogP contribution in [0.3, 0.4) is 0 Å². The summed E-state index contributed by atoms with van der Waals surface area (Å²) in [6.45, 7) is 11.9. The highest BCUT2D eigenvalue weighted by Crippen LogP contribution is 2.49. The molecule has 5 heterocycles. The number of rotatable bonds is 20. The molecule has 2 unspecified atom stereocenters. The normalized spacial score (nSPS) is 13.5. The van der Waals surface area contributed by atoms with Crippen LogP contribution in [0.2, 0.25) is 0 Å². The van der Waals surface area contributed by atoms with Gasteiger partial charge in [-0.2, -0.15) is 0 Å². The van der Waals surface area contributed by atoms with E-state index in [1.54, 1.807) is 0 Å². The Balaban J connectivity index is 0.772. The molecular weight excluding hydrogens is 1200 g/mol. The number of furan rings is 2. The van der Waals surface area contributed by atoms with Crippen LogP contribution in [0.15, 0.2) is 251 Å². The molecule has 17 rings (SSSR count). The second-order valence-electron chi connectivity index (χ2n) is 27.7. The Morgan fingerprint density at radius 2 is 0.833 bits per heavy atom. The van der Waals surface area contributed by atoms with Gasteiger partial charge in [0.1, 0.15) is 16.7 Å². The summed E-state index contributed by atoms with van der Waals surface area (Å²) in [5.74, 6) is 0. The van der Waals surface area contributed by atoms with Crippen molar-refractivity contribution in [2.75, 3.05) is 0 Å². The van der Waals surface area contributed by atoms with Crippen molar-refractivity contribution in [2.45, 2.75) is 122 Å². The fraction of sp³-hybridized carbons (Fsp3) is 0.209. The largest absolute Gasteiger partial charge is 0.456 e.